The second kappa shape index (κ2) is 12.2. The topological polar surface area (TPSA) is 116 Å². The van der Waals surface area contributed by atoms with Gasteiger partial charge in [-0.25, -0.2) is 9.59 Å². The van der Waals surface area contributed by atoms with E-state index in [-0.39, 0.29) is 32.0 Å². The Morgan fingerprint density at radius 2 is 1.12 bits per heavy atom. The number of anilines is 2. The normalized spacial score (nSPS) is 10.3. The number of primary amides is 1. The molecule has 0 aliphatic rings. The van der Waals surface area contributed by atoms with Gasteiger partial charge in [0, 0.05) is 24.2 Å². The van der Waals surface area contributed by atoms with Crippen LogP contribution < -0.4 is 10.6 Å². The minimum absolute atomic E-state index is 0.192. The maximum absolute atomic E-state index is 13.1. The highest BCUT2D eigenvalue weighted by molar-refractivity contribution is 6.01. The van der Waals surface area contributed by atoms with Gasteiger partial charge in [0.1, 0.15) is 0 Å². The number of ether oxygens (including phenoxy) is 2. The first kappa shape index (κ1) is 24.6. The summed E-state index contributed by atoms with van der Waals surface area (Å²) in [4.78, 5) is 49.4. The molecular weight excluding hydrogens is 412 g/mol. The lowest BCUT2D eigenvalue weighted by Gasteiger charge is -2.23. The number of hydrogen-bond donors (Lipinski definition) is 1. The third kappa shape index (κ3) is 6.94. The van der Waals surface area contributed by atoms with Gasteiger partial charge in [-0.1, -0.05) is 0 Å². The van der Waals surface area contributed by atoms with Gasteiger partial charge in [-0.2, -0.15) is 0 Å². The number of benzene rings is 2. The summed E-state index contributed by atoms with van der Waals surface area (Å²) in [6.45, 7) is 3.99. The third-order valence-electron chi connectivity index (χ3n) is 4.59. The monoisotopic (exact) mass is 440 g/mol. The number of rotatable bonds is 11. The Morgan fingerprint density at radius 1 is 0.719 bits per heavy atom. The number of amides is 2. The molecule has 2 N–H and O–H groups in total. The molecule has 0 aromatic heterocycles. The van der Waals surface area contributed by atoms with Crippen molar-refractivity contribution in [2.75, 3.05) is 18.1 Å². The predicted molar refractivity (Wildman–Crippen MR) is 120 cm³/mol. The van der Waals surface area contributed by atoms with E-state index in [2.05, 4.69) is 0 Å². The van der Waals surface area contributed by atoms with Crippen molar-refractivity contribution in [1.82, 2.24) is 0 Å². The lowest BCUT2D eigenvalue weighted by Crippen LogP contribution is -2.26. The predicted octanol–water partition coefficient (Wildman–Crippen LogP) is 3.75. The maximum atomic E-state index is 13.1. The lowest BCUT2D eigenvalue weighted by molar-refractivity contribution is -0.119. The molecule has 0 spiro atoms. The second-order valence-corrected chi connectivity index (χ2v) is 6.94. The average Bonchev–Trinajstić information content (AvgIpc) is 2.78. The molecule has 170 valence electrons. The Morgan fingerprint density at radius 3 is 1.50 bits per heavy atom. The molecule has 0 aliphatic carbocycles. The molecule has 2 rings (SSSR count). The summed E-state index contributed by atoms with van der Waals surface area (Å²) in [6, 6.07) is 13.0. The molecule has 0 unspecified atom stereocenters. The molecule has 8 heteroatoms. The summed E-state index contributed by atoms with van der Waals surface area (Å²) in [5.74, 6) is -1.48. The molecule has 2 aromatic carbocycles. The fourth-order valence-electron chi connectivity index (χ4n) is 3.05. The average molecular weight is 440 g/mol. The third-order valence-corrected chi connectivity index (χ3v) is 4.59. The van der Waals surface area contributed by atoms with Gasteiger partial charge in [0.05, 0.1) is 24.3 Å². The Labute approximate surface area is 187 Å². The number of nitrogens with two attached hydrogens (primary N) is 1. The van der Waals surface area contributed by atoms with Crippen LogP contribution in [0.25, 0.3) is 0 Å². The van der Waals surface area contributed by atoms with E-state index in [0.717, 1.165) is 0 Å². The summed E-state index contributed by atoms with van der Waals surface area (Å²) >= 11 is 0. The van der Waals surface area contributed by atoms with Gasteiger partial charge in [0.2, 0.25) is 11.8 Å². The molecule has 0 saturated heterocycles. The van der Waals surface area contributed by atoms with Crippen LogP contribution in [0.2, 0.25) is 0 Å². The Balaban J connectivity index is 2.28. The van der Waals surface area contributed by atoms with E-state index >= 15 is 0 Å². The number of carbonyl (C=O) groups is 4. The minimum Gasteiger partial charge on any atom is -0.462 e. The number of nitrogens with zero attached hydrogens (tertiary/aromatic N) is 1. The van der Waals surface area contributed by atoms with Crippen LogP contribution in [0.5, 0.6) is 0 Å². The molecule has 32 heavy (non-hydrogen) atoms. The smallest absolute Gasteiger partial charge is 0.338 e. The zero-order valence-electron chi connectivity index (χ0n) is 18.3. The summed E-state index contributed by atoms with van der Waals surface area (Å²) in [5.41, 5.74) is 7.03. The summed E-state index contributed by atoms with van der Waals surface area (Å²) in [7, 11) is 0. The van der Waals surface area contributed by atoms with Gasteiger partial charge in [-0.15, -0.1) is 0 Å². The SMILES string of the molecule is CCOC(=O)c1ccc(N(C(=O)CCCCC(N)=O)c2ccc(C(=O)OCC)cc2)cc1. The largest absolute Gasteiger partial charge is 0.462 e. The van der Waals surface area contributed by atoms with Crippen molar-refractivity contribution in [2.24, 2.45) is 5.73 Å². The molecule has 0 bridgehead atoms. The molecule has 8 nitrogen and oxygen atoms in total. The number of esters is 2. The van der Waals surface area contributed by atoms with Gasteiger partial charge < -0.3 is 15.2 Å². The van der Waals surface area contributed by atoms with Crippen molar-refractivity contribution in [2.45, 2.75) is 39.5 Å². The first-order chi connectivity index (χ1) is 15.4. The van der Waals surface area contributed by atoms with Crippen molar-refractivity contribution in [3.8, 4) is 0 Å². The van der Waals surface area contributed by atoms with Crippen molar-refractivity contribution in [3.63, 3.8) is 0 Å². The molecular formula is C24H28N2O6. The molecule has 0 radical (unpaired) electrons. The van der Waals surface area contributed by atoms with E-state index < -0.39 is 17.8 Å². The Bertz CT molecular complexity index is 876. The van der Waals surface area contributed by atoms with Crippen LogP contribution in [0.15, 0.2) is 48.5 Å². The van der Waals surface area contributed by atoms with Crippen molar-refractivity contribution in [1.29, 1.82) is 0 Å². The maximum Gasteiger partial charge on any atom is 0.338 e. The van der Waals surface area contributed by atoms with E-state index in [4.69, 9.17) is 15.2 Å². The fraction of sp³-hybridized carbons (Fsp3) is 0.333. The Kier molecular flexibility index (Phi) is 9.41. The highest BCUT2D eigenvalue weighted by atomic mass is 16.5. The van der Waals surface area contributed by atoms with Crippen LogP contribution in [0.1, 0.15) is 60.2 Å². The van der Waals surface area contributed by atoms with Gasteiger partial charge >= 0.3 is 11.9 Å². The molecule has 0 saturated carbocycles. The Hall–Kier alpha value is -3.68. The van der Waals surface area contributed by atoms with Crippen LogP contribution in [0.3, 0.4) is 0 Å². The van der Waals surface area contributed by atoms with Crippen molar-refractivity contribution in [3.05, 3.63) is 59.7 Å². The van der Waals surface area contributed by atoms with E-state index in [1.807, 2.05) is 0 Å². The summed E-state index contributed by atoms with van der Waals surface area (Å²) in [6.07, 6.45) is 1.43. The quantitative estimate of drug-likeness (QED) is 0.420. The minimum atomic E-state index is -0.442. The highest BCUT2D eigenvalue weighted by Crippen LogP contribution is 2.28. The van der Waals surface area contributed by atoms with E-state index in [1.54, 1.807) is 62.4 Å². The molecule has 0 fully saturated rings. The first-order valence-corrected chi connectivity index (χ1v) is 10.5. The molecule has 0 heterocycles. The molecule has 2 aromatic rings. The van der Waals surface area contributed by atoms with Gasteiger partial charge in [-0.3, -0.25) is 14.5 Å². The standard InChI is InChI=1S/C24H28N2O6/c1-3-31-23(29)17-9-13-19(14-10-17)26(22(28)8-6-5-7-21(25)27)20-15-11-18(12-16-20)24(30)32-4-2/h9-16H,3-8H2,1-2H3,(H2,25,27). The van der Waals surface area contributed by atoms with Crippen LogP contribution in [0.4, 0.5) is 11.4 Å². The van der Waals surface area contributed by atoms with E-state index in [9.17, 15) is 19.2 Å². The van der Waals surface area contributed by atoms with Gasteiger partial charge in [0.15, 0.2) is 0 Å². The van der Waals surface area contributed by atoms with Crippen LogP contribution in [0, 0.1) is 0 Å². The first-order valence-electron chi connectivity index (χ1n) is 10.5. The fourth-order valence-corrected chi connectivity index (χ4v) is 3.05. The number of hydrogen-bond acceptors (Lipinski definition) is 6. The summed E-state index contributed by atoms with van der Waals surface area (Å²) in [5, 5.41) is 0. The molecule has 0 aliphatic heterocycles. The van der Waals surface area contributed by atoms with Crippen LogP contribution >= 0.6 is 0 Å². The highest BCUT2D eigenvalue weighted by Gasteiger charge is 2.19. The number of unbranched alkanes of at least 4 members (excludes halogenated alkanes) is 1. The zero-order chi connectivity index (χ0) is 23.5. The van der Waals surface area contributed by atoms with Crippen molar-refractivity contribution < 1.29 is 28.7 Å². The lowest BCUT2D eigenvalue weighted by atomic mass is 10.1. The second-order valence-electron chi connectivity index (χ2n) is 6.94. The van der Waals surface area contributed by atoms with Crippen LogP contribution in [-0.4, -0.2) is 37.0 Å². The molecule has 2 amide bonds. The summed E-state index contributed by atoms with van der Waals surface area (Å²) < 4.78 is 10.00. The van der Waals surface area contributed by atoms with E-state index in [1.165, 1.54) is 4.90 Å². The van der Waals surface area contributed by atoms with Gasteiger partial charge in [-0.05, 0) is 75.2 Å². The number of carbonyl (C=O) groups excluding carboxylic acids is 4. The van der Waals surface area contributed by atoms with Crippen LogP contribution in [-0.2, 0) is 19.1 Å². The zero-order valence-corrected chi connectivity index (χ0v) is 18.3. The molecule has 0 atom stereocenters. The van der Waals surface area contributed by atoms with Gasteiger partial charge in [0.25, 0.3) is 0 Å². The van der Waals surface area contributed by atoms with E-state index in [0.29, 0.717) is 35.3 Å². The van der Waals surface area contributed by atoms with Crippen molar-refractivity contribution >= 4 is 35.1 Å².